The largest absolute Gasteiger partial charge is 0.395 e. The number of unbranched alkanes of at least 4 members (excludes halogenated alkanes) is 3. The fourth-order valence-electron chi connectivity index (χ4n) is 7.96. The van der Waals surface area contributed by atoms with Gasteiger partial charge in [-0.25, -0.2) is 0 Å². The smallest absolute Gasteiger partial charge is 0.240 e. The van der Waals surface area contributed by atoms with E-state index in [-0.39, 0.29) is 24.9 Å². The third-order valence-corrected chi connectivity index (χ3v) is 9.26. The summed E-state index contributed by atoms with van der Waals surface area (Å²) in [7, 11) is 0. The summed E-state index contributed by atoms with van der Waals surface area (Å²) in [5.41, 5.74) is 0.456. The highest BCUT2D eigenvalue weighted by molar-refractivity contribution is 5.85. The fraction of sp³-hybridized carbons (Fsp3) is 0.963. The zero-order valence-corrected chi connectivity index (χ0v) is 22.7. The van der Waals surface area contributed by atoms with Crippen molar-refractivity contribution < 1.29 is 30.0 Å². The average molecular weight is 533 g/mol. The molecular formula is C27H49ClN2O6. The molecule has 1 amide bonds. The molecule has 0 radical (unpaired) electrons. The van der Waals surface area contributed by atoms with E-state index in [1.807, 2.05) is 6.92 Å². The van der Waals surface area contributed by atoms with Crippen LogP contribution in [0.25, 0.3) is 0 Å². The van der Waals surface area contributed by atoms with Gasteiger partial charge in [-0.15, -0.1) is 12.4 Å². The Balaban J connectivity index is 0.00000361. The topological polar surface area (TPSA) is 122 Å². The molecule has 8 nitrogen and oxygen atoms in total. The van der Waals surface area contributed by atoms with Gasteiger partial charge in [-0.05, 0) is 93.9 Å². The number of carbonyl (C=O) groups is 1. The number of amides is 1. The van der Waals surface area contributed by atoms with Crippen molar-refractivity contribution in [1.82, 2.24) is 10.2 Å². The number of carbonyl (C=O) groups excluding carboxylic acids is 1. The molecule has 1 aliphatic heterocycles. The van der Waals surface area contributed by atoms with Gasteiger partial charge in [0.05, 0.1) is 19.3 Å². The molecule has 0 aromatic carbocycles. The second-order valence-corrected chi connectivity index (χ2v) is 12.1. The molecule has 4 bridgehead atoms. The van der Waals surface area contributed by atoms with Crippen LogP contribution in [0.15, 0.2) is 0 Å². The van der Waals surface area contributed by atoms with Gasteiger partial charge in [0.2, 0.25) is 5.91 Å². The van der Waals surface area contributed by atoms with Gasteiger partial charge in [-0.2, -0.15) is 0 Å². The van der Waals surface area contributed by atoms with E-state index < -0.39 is 30.4 Å². The molecule has 1 heterocycles. The first kappa shape index (κ1) is 30.1. The van der Waals surface area contributed by atoms with E-state index in [9.17, 15) is 25.2 Å². The van der Waals surface area contributed by atoms with Gasteiger partial charge in [0, 0.05) is 13.2 Å². The number of piperidine rings is 1. The van der Waals surface area contributed by atoms with E-state index in [0.717, 1.165) is 63.1 Å². The number of halogens is 1. The van der Waals surface area contributed by atoms with Crippen LogP contribution >= 0.6 is 12.4 Å². The Labute approximate surface area is 222 Å². The maximum atomic E-state index is 12.9. The monoisotopic (exact) mass is 532 g/mol. The molecule has 0 unspecified atom stereocenters. The minimum Gasteiger partial charge on any atom is -0.395 e. The number of likely N-dealkylation sites (tertiary alicyclic amines) is 1. The van der Waals surface area contributed by atoms with Crippen LogP contribution in [-0.2, 0) is 9.53 Å². The number of rotatable bonds is 13. The van der Waals surface area contributed by atoms with Gasteiger partial charge in [0.15, 0.2) is 0 Å². The highest BCUT2D eigenvalue weighted by atomic mass is 35.5. The zero-order chi connectivity index (χ0) is 25.0. The summed E-state index contributed by atoms with van der Waals surface area (Å²) in [6.07, 6.45) is 8.70. The molecule has 5 fully saturated rings. The van der Waals surface area contributed by atoms with Crippen LogP contribution in [0.2, 0.25) is 0 Å². The molecule has 0 aromatic rings. The van der Waals surface area contributed by atoms with Crippen LogP contribution in [0, 0.1) is 23.2 Å². The van der Waals surface area contributed by atoms with Crippen LogP contribution in [0.1, 0.15) is 77.6 Å². The predicted octanol–water partition coefficient (Wildman–Crippen LogP) is 1.86. The van der Waals surface area contributed by atoms with Crippen LogP contribution in [-0.4, -0.2) is 94.5 Å². The lowest BCUT2D eigenvalue weighted by atomic mass is 9.50. The molecule has 36 heavy (non-hydrogen) atoms. The quantitative estimate of drug-likeness (QED) is 0.229. The summed E-state index contributed by atoms with van der Waals surface area (Å²) in [5, 5.41) is 43.7. The van der Waals surface area contributed by atoms with Crippen molar-refractivity contribution in [2.24, 2.45) is 23.2 Å². The van der Waals surface area contributed by atoms with Crippen LogP contribution in [0.5, 0.6) is 0 Å². The van der Waals surface area contributed by atoms with Gasteiger partial charge < -0.3 is 30.5 Å². The minimum absolute atomic E-state index is 0. The molecule has 4 saturated carbocycles. The summed E-state index contributed by atoms with van der Waals surface area (Å²) in [5.74, 6) is 2.49. The van der Waals surface area contributed by atoms with Gasteiger partial charge >= 0.3 is 0 Å². The van der Waals surface area contributed by atoms with Gasteiger partial charge in [-0.3, -0.25) is 9.69 Å². The fourth-order valence-corrected chi connectivity index (χ4v) is 7.96. The number of aliphatic hydroxyl groups is 4. The zero-order valence-electron chi connectivity index (χ0n) is 21.9. The van der Waals surface area contributed by atoms with Crippen molar-refractivity contribution in [3.05, 3.63) is 0 Å². The number of hydrogen-bond acceptors (Lipinski definition) is 7. The Morgan fingerprint density at radius 2 is 1.58 bits per heavy atom. The lowest BCUT2D eigenvalue weighted by Crippen LogP contribution is -2.70. The van der Waals surface area contributed by atoms with Crippen molar-refractivity contribution >= 4 is 18.3 Å². The summed E-state index contributed by atoms with van der Waals surface area (Å²) in [6.45, 7) is 4.26. The molecule has 5 aliphatic rings. The molecular weight excluding hydrogens is 484 g/mol. The van der Waals surface area contributed by atoms with E-state index in [2.05, 4.69) is 5.32 Å². The minimum atomic E-state index is -1.47. The summed E-state index contributed by atoms with van der Waals surface area (Å²) in [4.78, 5) is 14.6. The molecule has 210 valence electrons. The number of nitrogens with one attached hydrogen (secondary N) is 1. The Bertz CT molecular complexity index is 662. The highest BCUT2D eigenvalue weighted by Gasteiger charge is 2.51. The highest BCUT2D eigenvalue weighted by Crippen LogP contribution is 2.60. The number of ether oxygens (including phenoxy) is 1. The summed E-state index contributed by atoms with van der Waals surface area (Å²) < 4.78 is 6.15. The first-order valence-electron chi connectivity index (χ1n) is 14.1. The second-order valence-electron chi connectivity index (χ2n) is 12.1. The van der Waals surface area contributed by atoms with Gasteiger partial charge in [0.25, 0.3) is 0 Å². The van der Waals surface area contributed by atoms with Crippen LogP contribution < -0.4 is 5.32 Å². The van der Waals surface area contributed by atoms with Crippen molar-refractivity contribution in [2.75, 3.05) is 32.9 Å². The van der Waals surface area contributed by atoms with E-state index in [4.69, 9.17) is 4.74 Å². The molecule has 1 saturated heterocycles. The Hall–Kier alpha value is -0.480. The molecule has 4 aliphatic carbocycles. The first-order valence-corrected chi connectivity index (χ1v) is 14.1. The lowest BCUT2D eigenvalue weighted by molar-refractivity contribution is -0.178. The third-order valence-electron chi connectivity index (χ3n) is 9.26. The Morgan fingerprint density at radius 3 is 2.17 bits per heavy atom. The Morgan fingerprint density at radius 1 is 0.944 bits per heavy atom. The SMILES string of the molecule is CCCCN1[C@H](C(=O)NCCCCCOCC23CC4CC(CC(C4)C2)C3)[C@H](O)[C@@H](O)[C@H](O)[C@@H]1CO.Cl. The van der Waals surface area contributed by atoms with Crippen molar-refractivity contribution in [3.8, 4) is 0 Å². The van der Waals surface area contributed by atoms with Crippen molar-refractivity contribution in [3.63, 3.8) is 0 Å². The van der Waals surface area contributed by atoms with Crippen molar-refractivity contribution in [1.29, 1.82) is 0 Å². The van der Waals surface area contributed by atoms with Crippen LogP contribution in [0.4, 0.5) is 0 Å². The third kappa shape index (κ3) is 6.74. The second kappa shape index (κ2) is 13.5. The maximum Gasteiger partial charge on any atom is 0.240 e. The van der Waals surface area contributed by atoms with E-state index in [0.29, 0.717) is 18.5 Å². The molecule has 5 atom stereocenters. The predicted molar refractivity (Wildman–Crippen MR) is 140 cm³/mol. The normalized spacial score (nSPS) is 39.7. The van der Waals surface area contributed by atoms with E-state index in [1.54, 1.807) is 4.90 Å². The van der Waals surface area contributed by atoms with Crippen molar-refractivity contribution in [2.45, 2.75) is 108 Å². The van der Waals surface area contributed by atoms with E-state index in [1.165, 1.54) is 38.5 Å². The summed E-state index contributed by atoms with van der Waals surface area (Å²) >= 11 is 0. The molecule has 9 heteroatoms. The lowest BCUT2D eigenvalue weighted by Gasteiger charge is -2.56. The Kier molecular flexibility index (Phi) is 11.3. The summed E-state index contributed by atoms with van der Waals surface area (Å²) in [6, 6.07) is -1.76. The van der Waals surface area contributed by atoms with Gasteiger partial charge in [0.1, 0.15) is 24.4 Å². The molecule has 5 rings (SSSR count). The first-order chi connectivity index (χ1) is 16.9. The van der Waals surface area contributed by atoms with Gasteiger partial charge in [-0.1, -0.05) is 13.3 Å². The maximum absolute atomic E-state index is 12.9. The molecule has 0 spiro atoms. The number of nitrogens with zero attached hydrogens (tertiary/aromatic N) is 1. The number of hydrogen-bond donors (Lipinski definition) is 5. The average Bonchev–Trinajstić information content (AvgIpc) is 2.82. The molecule has 5 N–H and O–H groups in total. The van der Waals surface area contributed by atoms with Crippen LogP contribution in [0.3, 0.4) is 0 Å². The van der Waals surface area contributed by atoms with E-state index >= 15 is 0 Å². The standard InChI is InChI=1S/C27H48N2O6.ClH/c1-2-3-8-29-21(16-30)23(31)25(33)24(32)22(29)26(34)28-7-5-4-6-9-35-17-27-13-18-10-19(14-27)12-20(11-18)15-27;/h18-25,30-33H,2-17H2,1H3,(H,28,34);1H/t18?,19?,20?,21-,22-,23+,24-,25-,27?;/m0./s1. The number of aliphatic hydroxyl groups excluding tert-OH is 4. The molecule has 0 aromatic heterocycles.